The molecule has 0 saturated heterocycles. The number of aromatic hydroxyl groups is 1. The summed E-state index contributed by atoms with van der Waals surface area (Å²) in [6.45, 7) is 1.82. The van der Waals surface area contributed by atoms with Crippen LogP contribution in [0.25, 0.3) is 5.57 Å². The lowest BCUT2D eigenvalue weighted by Gasteiger charge is -2.05. The van der Waals surface area contributed by atoms with E-state index in [-0.39, 0.29) is 11.7 Å². The van der Waals surface area contributed by atoms with E-state index in [1.807, 2.05) is 37.3 Å². The molecule has 0 aromatic heterocycles. The van der Waals surface area contributed by atoms with E-state index < -0.39 is 0 Å². The maximum Gasteiger partial charge on any atom is 0.257 e. The van der Waals surface area contributed by atoms with Gasteiger partial charge >= 0.3 is 0 Å². The molecule has 1 heterocycles. The third-order valence-electron chi connectivity index (χ3n) is 3.29. The number of amides is 1. The average molecular weight is 266 g/mol. The van der Waals surface area contributed by atoms with Gasteiger partial charge in [-0.3, -0.25) is 4.79 Å². The van der Waals surface area contributed by atoms with Gasteiger partial charge in [-0.1, -0.05) is 18.2 Å². The molecule has 3 N–H and O–H groups in total. The Labute approximate surface area is 116 Å². The van der Waals surface area contributed by atoms with Crippen LogP contribution in [0.2, 0.25) is 0 Å². The summed E-state index contributed by atoms with van der Waals surface area (Å²) in [7, 11) is 0. The molecular weight excluding hydrogens is 252 g/mol. The second-order valence-electron chi connectivity index (χ2n) is 4.70. The van der Waals surface area contributed by atoms with Crippen LogP contribution in [-0.2, 0) is 4.79 Å². The molecule has 4 heteroatoms. The van der Waals surface area contributed by atoms with Crippen LogP contribution < -0.4 is 10.6 Å². The van der Waals surface area contributed by atoms with E-state index in [1.54, 1.807) is 18.3 Å². The number of hydrogen-bond donors (Lipinski definition) is 3. The summed E-state index contributed by atoms with van der Waals surface area (Å²) in [5.74, 6) is 0.140. The van der Waals surface area contributed by atoms with Crippen molar-refractivity contribution in [3.8, 4) is 5.75 Å². The quantitative estimate of drug-likeness (QED) is 0.578. The van der Waals surface area contributed by atoms with Crippen molar-refractivity contribution in [1.82, 2.24) is 0 Å². The summed E-state index contributed by atoms with van der Waals surface area (Å²) in [6.07, 6.45) is 1.69. The van der Waals surface area contributed by atoms with E-state index in [4.69, 9.17) is 0 Å². The molecule has 0 saturated carbocycles. The number of carbonyl (C=O) groups excluding carboxylic acids is 1. The number of phenols is 1. The van der Waals surface area contributed by atoms with Crippen molar-refractivity contribution < 1.29 is 9.90 Å². The molecule has 0 spiro atoms. The highest BCUT2D eigenvalue weighted by Gasteiger charge is 2.23. The molecule has 1 amide bonds. The molecule has 0 radical (unpaired) electrons. The molecule has 2 aromatic rings. The lowest BCUT2D eigenvalue weighted by molar-refractivity contribution is -0.110. The summed E-state index contributed by atoms with van der Waals surface area (Å²) < 4.78 is 0. The lowest BCUT2D eigenvalue weighted by atomic mass is 10.1. The first-order chi connectivity index (χ1) is 9.65. The predicted octanol–water partition coefficient (Wildman–Crippen LogP) is 3.11. The number of anilines is 2. The van der Waals surface area contributed by atoms with Gasteiger partial charge in [0, 0.05) is 23.1 Å². The van der Waals surface area contributed by atoms with Crippen LogP contribution in [0.3, 0.4) is 0 Å². The average Bonchev–Trinajstić information content (AvgIpc) is 2.76. The predicted molar refractivity (Wildman–Crippen MR) is 79.5 cm³/mol. The van der Waals surface area contributed by atoms with Crippen LogP contribution in [0.1, 0.15) is 11.1 Å². The van der Waals surface area contributed by atoms with Crippen molar-refractivity contribution in [2.24, 2.45) is 0 Å². The van der Waals surface area contributed by atoms with Crippen LogP contribution in [0.15, 0.2) is 48.7 Å². The Morgan fingerprint density at radius 1 is 1.20 bits per heavy atom. The molecule has 0 aliphatic carbocycles. The molecule has 100 valence electrons. The summed E-state index contributed by atoms with van der Waals surface area (Å²) in [4.78, 5) is 11.9. The fraction of sp³-hybridized carbons (Fsp3) is 0.0625. The van der Waals surface area contributed by atoms with Crippen LogP contribution >= 0.6 is 0 Å². The summed E-state index contributed by atoms with van der Waals surface area (Å²) in [5.41, 5.74) is 3.92. The first-order valence-corrected chi connectivity index (χ1v) is 6.32. The highest BCUT2D eigenvalue weighted by molar-refractivity contribution is 6.31. The maximum absolute atomic E-state index is 11.9. The van der Waals surface area contributed by atoms with E-state index >= 15 is 0 Å². The van der Waals surface area contributed by atoms with Crippen LogP contribution in [0.4, 0.5) is 11.4 Å². The highest BCUT2D eigenvalue weighted by Crippen LogP contribution is 2.31. The van der Waals surface area contributed by atoms with Crippen molar-refractivity contribution in [3.63, 3.8) is 0 Å². The maximum atomic E-state index is 11.9. The van der Waals surface area contributed by atoms with Gasteiger partial charge in [0.05, 0.1) is 5.57 Å². The van der Waals surface area contributed by atoms with E-state index in [0.29, 0.717) is 5.57 Å². The minimum absolute atomic E-state index is 0.116. The fourth-order valence-electron chi connectivity index (χ4n) is 2.18. The fourth-order valence-corrected chi connectivity index (χ4v) is 2.18. The second-order valence-corrected chi connectivity index (χ2v) is 4.70. The Morgan fingerprint density at radius 2 is 2.00 bits per heavy atom. The molecule has 20 heavy (non-hydrogen) atoms. The van der Waals surface area contributed by atoms with Crippen LogP contribution in [0, 0.1) is 6.92 Å². The summed E-state index contributed by atoms with van der Waals surface area (Å²) >= 11 is 0. The molecular formula is C16H14N2O2. The number of benzene rings is 2. The first-order valence-electron chi connectivity index (χ1n) is 6.32. The zero-order valence-corrected chi connectivity index (χ0v) is 11.0. The molecule has 1 aliphatic heterocycles. The van der Waals surface area contributed by atoms with Crippen LogP contribution in [0.5, 0.6) is 5.75 Å². The van der Waals surface area contributed by atoms with Gasteiger partial charge in [-0.05, 0) is 36.8 Å². The third-order valence-corrected chi connectivity index (χ3v) is 3.29. The monoisotopic (exact) mass is 266 g/mol. The van der Waals surface area contributed by atoms with Gasteiger partial charge in [-0.25, -0.2) is 0 Å². The zero-order chi connectivity index (χ0) is 14.1. The molecule has 0 fully saturated rings. The molecule has 4 nitrogen and oxygen atoms in total. The third kappa shape index (κ3) is 2.12. The number of hydrogen-bond acceptors (Lipinski definition) is 3. The highest BCUT2D eigenvalue weighted by atomic mass is 16.3. The second kappa shape index (κ2) is 4.74. The molecule has 2 aromatic carbocycles. The van der Waals surface area contributed by atoms with Crippen molar-refractivity contribution in [1.29, 1.82) is 0 Å². The molecule has 1 aliphatic rings. The molecule has 0 unspecified atom stereocenters. The number of fused-ring (bicyclic) bond motifs is 1. The van der Waals surface area contributed by atoms with Crippen molar-refractivity contribution in [2.75, 3.05) is 10.6 Å². The van der Waals surface area contributed by atoms with E-state index in [9.17, 15) is 9.90 Å². The molecule has 0 atom stereocenters. The van der Waals surface area contributed by atoms with E-state index in [1.165, 1.54) is 0 Å². The van der Waals surface area contributed by atoms with Gasteiger partial charge in [0.15, 0.2) is 0 Å². The summed E-state index contributed by atoms with van der Waals surface area (Å²) in [5, 5.41) is 15.4. The summed E-state index contributed by atoms with van der Waals surface area (Å²) in [6, 6.07) is 12.8. The molecule has 3 rings (SSSR count). The van der Waals surface area contributed by atoms with Crippen LogP contribution in [-0.4, -0.2) is 11.0 Å². The number of phenolic OH excluding ortho intramolecular Hbond substituents is 1. The van der Waals surface area contributed by atoms with E-state index in [0.717, 1.165) is 22.5 Å². The van der Waals surface area contributed by atoms with Gasteiger partial charge in [-0.2, -0.15) is 0 Å². The van der Waals surface area contributed by atoms with Gasteiger partial charge in [0.25, 0.3) is 5.91 Å². The van der Waals surface area contributed by atoms with Crippen molar-refractivity contribution in [2.45, 2.75) is 6.92 Å². The minimum Gasteiger partial charge on any atom is -0.508 e. The lowest BCUT2D eigenvalue weighted by Crippen LogP contribution is -2.05. The van der Waals surface area contributed by atoms with Crippen molar-refractivity contribution in [3.05, 3.63) is 59.8 Å². The number of carbonyl (C=O) groups is 1. The number of para-hydroxylation sites is 1. The Kier molecular flexibility index (Phi) is 2.91. The van der Waals surface area contributed by atoms with E-state index in [2.05, 4.69) is 10.6 Å². The normalized spacial score (nSPS) is 15.1. The van der Waals surface area contributed by atoms with Crippen molar-refractivity contribution >= 4 is 22.9 Å². The standard InChI is InChI=1S/C16H14N2O2/c1-10-8-11(6-7-15(10)19)17-9-13-12-4-2-3-5-14(12)18-16(13)20/h2-9,17,19H,1H3,(H,18,20)/b13-9+. The largest absolute Gasteiger partial charge is 0.508 e. The first kappa shape index (κ1) is 12.3. The Morgan fingerprint density at radius 3 is 2.80 bits per heavy atom. The van der Waals surface area contributed by atoms with Gasteiger partial charge < -0.3 is 15.7 Å². The van der Waals surface area contributed by atoms with Gasteiger partial charge in [0.1, 0.15) is 5.75 Å². The number of rotatable bonds is 2. The SMILES string of the molecule is Cc1cc(N/C=C2/C(=O)Nc3ccccc32)ccc1O. The smallest absolute Gasteiger partial charge is 0.257 e. The molecule has 0 bridgehead atoms. The zero-order valence-electron chi connectivity index (χ0n) is 11.0. The van der Waals surface area contributed by atoms with Gasteiger partial charge in [-0.15, -0.1) is 0 Å². The topological polar surface area (TPSA) is 61.4 Å². The Bertz CT molecular complexity index is 720. The number of aryl methyl sites for hydroxylation is 1. The number of nitrogens with one attached hydrogen (secondary N) is 2. The minimum atomic E-state index is -0.116. The van der Waals surface area contributed by atoms with Gasteiger partial charge in [0.2, 0.25) is 0 Å². The Balaban J connectivity index is 1.89. The Hall–Kier alpha value is -2.75.